The molecule has 4 N–H and O–H groups in total. The first-order valence-corrected chi connectivity index (χ1v) is 12.0. The van der Waals surface area contributed by atoms with E-state index in [0.29, 0.717) is 38.6 Å². The van der Waals surface area contributed by atoms with Gasteiger partial charge in [-0.25, -0.2) is 0 Å². The van der Waals surface area contributed by atoms with E-state index < -0.39 is 6.04 Å². The molecule has 7 nitrogen and oxygen atoms in total. The lowest BCUT2D eigenvalue weighted by molar-refractivity contribution is -0.128. The van der Waals surface area contributed by atoms with Gasteiger partial charge in [0.2, 0.25) is 11.8 Å². The average Bonchev–Trinajstić information content (AvgIpc) is 3.59. The van der Waals surface area contributed by atoms with Crippen LogP contribution in [0.25, 0.3) is 0 Å². The smallest absolute Gasteiger partial charge is 0.242 e. The van der Waals surface area contributed by atoms with E-state index >= 15 is 0 Å². The van der Waals surface area contributed by atoms with Crippen molar-refractivity contribution < 1.29 is 14.3 Å². The molecule has 3 rings (SSSR count). The van der Waals surface area contributed by atoms with Gasteiger partial charge in [0.15, 0.2) is 0 Å². The van der Waals surface area contributed by atoms with Crippen LogP contribution in [0.3, 0.4) is 0 Å². The first-order chi connectivity index (χ1) is 15.5. The van der Waals surface area contributed by atoms with Crippen molar-refractivity contribution in [2.24, 2.45) is 11.8 Å². The lowest BCUT2D eigenvalue weighted by atomic mass is 10.00. The zero-order chi connectivity index (χ0) is 22.8. The summed E-state index contributed by atoms with van der Waals surface area (Å²) in [6, 6.07) is 7.62. The van der Waals surface area contributed by atoms with Gasteiger partial charge >= 0.3 is 0 Å². The molecule has 2 unspecified atom stereocenters. The van der Waals surface area contributed by atoms with Crippen LogP contribution in [-0.2, 0) is 16.0 Å². The summed E-state index contributed by atoms with van der Waals surface area (Å²) in [6.45, 7) is 6.81. The third-order valence-corrected chi connectivity index (χ3v) is 5.86. The Labute approximate surface area is 191 Å². The van der Waals surface area contributed by atoms with Crippen LogP contribution in [0.5, 0.6) is 5.75 Å². The molecular weight excluding hydrogens is 404 g/mol. The zero-order valence-electron chi connectivity index (χ0n) is 19.4. The number of benzene rings is 1. The normalized spacial score (nSPS) is 25.4. The summed E-state index contributed by atoms with van der Waals surface area (Å²) in [5, 5.41) is 12.6. The molecule has 2 atom stereocenters. The number of hydrogen-bond donors (Lipinski definition) is 4. The molecular formula is C25H38N4O3. The van der Waals surface area contributed by atoms with E-state index in [0.717, 1.165) is 42.7 Å². The van der Waals surface area contributed by atoms with Gasteiger partial charge in [-0.2, -0.15) is 0 Å². The van der Waals surface area contributed by atoms with Crippen LogP contribution < -0.4 is 26.0 Å². The summed E-state index contributed by atoms with van der Waals surface area (Å²) in [5.41, 5.74) is 2.12. The largest absolute Gasteiger partial charge is 0.492 e. The van der Waals surface area contributed by atoms with Crippen molar-refractivity contribution in [1.82, 2.24) is 21.3 Å². The van der Waals surface area contributed by atoms with Gasteiger partial charge in [-0.1, -0.05) is 51.0 Å². The number of nitrogens with one attached hydrogen (secondary N) is 4. The van der Waals surface area contributed by atoms with E-state index in [4.69, 9.17) is 4.74 Å². The van der Waals surface area contributed by atoms with E-state index in [1.54, 1.807) is 0 Å². The second-order valence-electron chi connectivity index (χ2n) is 8.98. The molecule has 2 amide bonds. The minimum absolute atomic E-state index is 0.0891. The standard InChI is InChI=1S/C25H38N4O3/c1-3-6-21-16-26-11-12-32-23-8-5-4-7-20(23)13-18(2)15-28-25(31)22(14-19-9-10-19)29-24(30)17-27-21/h4-8,18-19,22,26-27H,3,9-17H2,1-2H3,(H,28,31)(H,29,30)/b21-6+. The summed E-state index contributed by atoms with van der Waals surface area (Å²) in [7, 11) is 0. The maximum atomic E-state index is 12.9. The summed E-state index contributed by atoms with van der Waals surface area (Å²) < 4.78 is 6.03. The number of carbonyl (C=O) groups is 2. The Kier molecular flexibility index (Phi) is 9.41. The van der Waals surface area contributed by atoms with Gasteiger partial charge in [0.1, 0.15) is 18.4 Å². The van der Waals surface area contributed by atoms with E-state index in [9.17, 15) is 9.59 Å². The highest BCUT2D eigenvalue weighted by Gasteiger charge is 2.30. The molecule has 7 heteroatoms. The van der Waals surface area contributed by atoms with Crippen LogP contribution in [0.15, 0.2) is 36.0 Å². The van der Waals surface area contributed by atoms with Gasteiger partial charge in [0.25, 0.3) is 0 Å². The van der Waals surface area contributed by atoms with Crippen LogP contribution >= 0.6 is 0 Å². The molecule has 2 aliphatic rings. The van der Waals surface area contributed by atoms with Crippen LogP contribution in [0, 0.1) is 11.8 Å². The number of allylic oxidation sites excluding steroid dienone is 1. The molecule has 1 fully saturated rings. The van der Waals surface area contributed by atoms with Crippen molar-refractivity contribution in [3.05, 3.63) is 41.6 Å². The Morgan fingerprint density at radius 2 is 1.94 bits per heavy atom. The molecule has 1 aliphatic heterocycles. The molecule has 0 bridgehead atoms. The third-order valence-electron chi connectivity index (χ3n) is 5.86. The SMILES string of the molecule is CC/C=C1\CNCCOc2ccccc2CC(C)CNC(=O)C(CC2CC2)NC(=O)CN1. The van der Waals surface area contributed by atoms with Gasteiger partial charge in [-0.3, -0.25) is 9.59 Å². The van der Waals surface area contributed by atoms with Gasteiger partial charge < -0.3 is 26.0 Å². The lowest BCUT2D eigenvalue weighted by Crippen LogP contribution is -2.50. The number of carbonyl (C=O) groups excluding carboxylic acids is 2. The van der Waals surface area contributed by atoms with Gasteiger partial charge in [-0.15, -0.1) is 0 Å². The minimum atomic E-state index is -0.477. The fourth-order valence-corrected chi connectivity index (χ4v) is 3.93. The van der Waals surface area contributed by atoms with Crippen molar-refractivity contribution in [1.29, 1.82) is 0 Å². The Bertz CT molecular complexity index is 791. The second-order valence-corrected chi connectivity index (χ2v) is 8.98. The highest BCUT2D eigenvalue weighted by atomic mass is 16.5. The molecule has 1 saturated carbocycles. The molecule has 0 radical (unpaired) electrons. The molecule has 0 aromatic heterocycles. The summed E-state index contributed by atoms with van der Waals surface area (Å²) in [6.07, 6.45) is 6.75. The number of para-hydroxylation sites is 1. The van der Waals surface area contributed by atoms with Crippen LogP contribution in [0.1, 0.15) is 45.1 Å². The van der Waals surface area contributed by atoms with Gasteiger partial charge in [0, 0.05) is 25.3 Å². The van der Waals surface area contributed by atoms with Crippen molar-refractivity contribution in [3.63, 3.8) is 0 Å². The second kappa shape index (κ2) is 12.5. The fraction of sp³-hybridized carbons (Fsp3) is 0.600. The quantitative estimate of drug-likeness (QED) is 0.576. The third kappa shape index (κ3) is 8.19. The number of ether oxygens (including phenoxy) is 1. The Balaban J connectivity index is 1.70. The molecule has 1 aromatic rings. The molecule has 1 heterocycles. The van der Waals surface area contributed by atoms with E-state index in [-0.39, 0.29) is 24.3 Å². The monoisotopic (exact) mass is 442 g/mol. The predicted octanol–water partition coefficient (Wildman–Crippen LogP) is 2.13. The molecule has 1 aliphatic carbocycles. The van der Waals surface area contributed by atoms with Gasteiger partial charge in [-0.05, 0) is 42.7 Å². The molecule has 32 heavy (non-hydrogen) atoms. The summed E-state index contributed by atoms with van der Waals surface area (Å²) in [4.78, 5) is 25.4. The first kappa shape index (κ1) is 24.1. The maximum Gasteiger partial charge on any atom is 0.242 e. The van der Waals surface area contributed by atoms with E-state index in [1.165, 1.54) is 0 Å². The predicted molar refractivity (Wildman–Crippen MR) is 126 cm³/mol. The van der Waals surface area contributed by atoms with Gasteiger partial charge in [0.05, 0.1) is 6.54 Å². The number of amides is 2. The van der Waals surface area contributed by atoms with Crippen molar-refractivity contribution in [2.75, 3.05) is 32.8 Å². The maximum absolute atomic E-state index is 12.9. The van der Waals surface area contributed by atoms with Crippen LogP contribution in [0.2, 0.25) is 0 Å². The highest BCUT2D eigenvalue weighted by Crippen LogP contribution is 2.33. The lowest BCUT2D eigenvalue weighted by Gasteiger charge is -2.21. The van der Waals surface area contributed by atoms with Crippen LogP contribution in [-0.4, -0.2) is 50.6 Å². The van der Waals surface area contributed by atoms with Crippen molar-refractivity contribution >= 4 is 11.8 Å². The van der Waals surface area contributed by atoms with E-state index in [2.05, 4.69) is 47.3 Å². The molecule has 0 saturated heterocycles. The number of rotatable bonds is 3. The van der Waals surface area contributed by atoms with Crippen LogP contribution in [0.4, 0.5) is 0 Å². The average molecular weight is 443 g/mol. The topological polar surface area (TPSA) is 91.5 Å². The Morgan fingerprint density at radius 3 is 2.72 bits per heavy atom. The molecule has 176 valence electrons. The van der Waals surface area contributed by atoms with Crippen molar-refractivity contribution in [3.8, 4) is 5.75 Å². The minimum Gasteiger partial charge on any atom is -0.492 e. The summed E-state index contributed by atoms with van der Waals surface area (Å²) in [5.74, 6) is 1.45. The molecule has 1 aromatic carbocycles. The Morgan fingerprint density at radius 1 is 1.12 bits per heavy atom. The van der Waals surface area contributed by atoms with E-state index in [1.807, 2.05) is 18.2 Å². The Hall–Kier alpha value is -2.54. The molecule has 0 spiro atoms. The van der Waals surface area contributed by atoms with Crippen molar-refractivity contribution in [2.45, 2.75) is 52.0 Å². The first-order valence-electron chi connectivity index (χ1n) is 12.0. The summed E-state index contributed by atoms with van der Waals surface area (Å²) >= 11 is 0. The highest BCUT2D eigenvalue weighted by molar-refractivity contribution is 5.88. The number of fused-ring (bicyclic) bond motifs is 1. The fourth-order valence-electron chi connectivity index (χ4n) is 3.93. The number of hydrogen-bond acceptors (Lipinski definition) is 5. The zero-order valence-corrected chi connectivity index (χ0v) is 19.4.